The van der Waals surface area contributed by atoms with Crippen LogP contribution in [0, 0.1) is 5.95 Å². The Morgan fingerprint density at radius 3 is 2.69 bits per heavy atom. The summed E-state index contributed by atoms with van der Waals surface area (Å²) in [5.41, 5.74) is 2.39. The summed E-state index contributed by atoms with van der Waals surface area (Å²) in [6.45, 7) is 3.18. The van der Waals surface area contributed by atoms with Gasteiger partial charge in [0.25, 0.3) is 0 Å². The highest BCUT2D eigenvalue weighted by atomic mass is 19.1. The Bertz CT molecular complexity index is 1160. The molecule has 32 heavy (non-hydrogen) atoms. The van der Waals surface area contributed by atoms with Crippen LogP contribution in [0.5, 0.6) is 0 Å². The summed E-state index contributed by atoms with van der Waals surface area (Å²) in [7, 11) is 0. The summed E-state index contributed by atoms with van der Waals surface area (Å²) < 4.78 is 14.5. The van der Waals surface area contributed by atoms with Gasteiger partial charge in [0.2, 0.25) is 5.95 Å². The first-order valence-electron chi connectivity index (χ1n) is 10.6. The molecule has 9 nitrogen and oxygen atoms in total. The first-order valence-corrected chi connectivity index (χ1v) is 10.6. The summed E-state index contributed by atoms with van der Waals surface area (Å²) in [5, 5.41) is 9.50. The van der Waals surface area contributed by atoms with Gasteiger partial charge in [0.1, 0.15) is 11.9 Å². The average Bonchev–Trinajstić information content (AvgIpc) is 3.30. The second kappa shape index (κ2) is 8.10. The second-order valence-electron chi connectivity index (χ2n) is 7.98. The fourth-order valence-electron chi connectivity index (χ4n) is 4.51. The number of hydrogen-bond acceptors (Lipinski definition) is 8. The standard InChI is InChI=1S/C22H22FN7O2/c1-13-15-12-26-21(20-24-6-3-7-25-20)27-16(15)5-9-29(13)19-11-14(10-18(23)28-19)30-8-2-4-17(30)22(31)32/h3,6-7,10-13,17H,2,4-5,8-9H2,1H3,(H,31,32). The second-order valence-corrected chi connectivity index (χ2v) is 7.98. The summed E-state index contributed by atoms with van der Waals surface area (Å²) in [6, 6.07) is 4.06. The summed E-state index contributed by atoms with van der Waals surface area (Å²) in [4.78, 5) is 37.0. The van der Waals surface area contributed by atoms with Gasteiger partial charge in [0, 0.05) is 61.5 Å². The number of rotatable bonds is 4. The molecular weight excluding hydrogens is 413 g/mol. The molecule has 1 fully saturated rings. The van der Waals surface area contributed by atoms with E-state index in [0.717, 1.165) is 17.7 Å². The van der Waals surface area contributed by atoms with Gasteiger partial charge in [-0.15, -0.1) is 0 Å². The van der Waals surface area contributed by atoms with Gasteiger partial charge in [-0.3, -0.25) is 0 Å². The molecule has 3 aromatic rings. The Balaban J connectivity index is 1.45. The molecule has 2 aliphatic rings. The lowest BCUT2D eigenvalue weighted by molar-refractivity contribution is -0.138. The molecule has 1 saturated heterocycles. The highest BCUT2D eigenvalue weighted by Gasteiger charge is 2.33. The lowest BCUT2D eigenvalue weighted by Gasteiger charge is -2.36. The summed E-state index contributed by atoms with van der Waals surface area (Å²) in [6.07, 6.45) is 7.01. The number of anilines is 2. The number of fused-ring (bicyclic) bond motifs is 1. The molecule has 0 amide bonds. The number of halogens is 1. The Morgan fingerprint density at radius 2 is 1.91 bits per heavy atom. The van der Waals surface area contributed by atoms with Crippen molar-refractivity contribution in [3.63, 3.8) is 0 Å². The van der Waals surface area contributed by atoms with Crippen molar-refractivity contribution in [3.05, 3.63) is 54.0 Å². The van der Waals surface area contributed by atoms with Gasteiger partial charge in [-0.05, 0) is 25.8 Å². The zero-order valence-electron chi connectivity index (χ0n) is 17.5. The molecule has 0 bridgehead atoms. The number of aliphatic carboxylic acids is 1. The zero-order chi connectivity index (χ0) is 22.2. The molecule has 2 unspecified atom stereocenters. The zero-order valence-corrected chi connectivity index (χ0v) is 17.5. The van der Waals surface area contributed by atoms with Gasteiger partial charge in [-0.2, -0.15) is 4.39 Å². The van der Waals surface area contributed by atoms with E-state index in [-0.39, 0.29) is 6.04 Å². The van der Waals surface area contributed by atoms with Gasteiger partial charge in [-0.25, -0.2) is 29.7 Å². The maximum Gasteiger partial charge on any atom is 0.326 e. The van der Waals surface area contributed by atoms with Crippen molar-refractivity contribution in [1.82, 2.24) is 24.9 Å². The Hall–Kier alpha value is -3.69. The summed E-state index contributed by atoms with van der Waals surface area (Å²) >= 11 is 0. The minimum atomic E-state index is -0.892. The molecule has 10 heteroatoms. The largest absolute Gasteiger partial charge is 0.480 e. The quantitative estimate of drug-likeness (QED) is 0.619. The third kappa shape index (κ3) is 3.61. The third-order valence-corrected chi connectivity index (χ3v) is 6.10. The topological polar surface area (TPSA) is 108 Å². The number of pyridine rings is 1. The molecular formula is C22H22FN7O2. The lowest BCUT2D eigenvalue weighted by atomic mass is 9.99. The highest BCUT2D eigenvalue weighted by Crippen LogP contribution is 2.35. The predicted octanol–water partition coefficient (Wildman–Crippen LogP) is 2.64. The van der Waals surface area contributed by atoms with Crippen LogP contribution in [-0.4, -0.2) is 55.1 Å². The van der Waals surface area contributed by atoms with Crippen LogP contribution in [0.3, 0.4) is 0 Å². The molecule has 0 spiro atoms. The summed E-state index contributed by atoms with van der Waals surface area (Å²) in [5.74, 6) is -0.0914. The van der Waals surface area contributed by atoms with Crippen molar-refractivity contribution < 1.29 is 14.3 Å². The van der Waals surface area contributed by atoms with E-state index in [9.17, 15) is 14.3 Å². The maximum absolute atomic E-state index is 14.5. The number of carbonyl (C=O) groups is 1. The average molecular weight is 435 g/mol. The molecule has 0 aromatic carbocycles. The van der Waals surface area contributed by atoms with Crippen LogP contribution < -0.4 is 9.80 Å². The molecule has 5 rings (SSSR count). The Morgan fingerprint density at radius 1 is 1.09 bits per heavy atom. The highest BCUT2D eigenvalue weighted by molar-refractivity contribution is 5.79. The van der Waals surface area contributed by atoms with Gasteiger partial charge in [0.05, 0.1) is 11.7 Å². The molecule has 2 aliphatic heterocycles. The van der Waals surface area contributed by atoms with Gasteiger partial charge in [0.15, 0.2) is 11.6 Å². The van der Waals surface area contributed by atoms with E-state index in [1.807, 2.05) is 11.8 Å². The number of aromatic nitrogens is 5. The van der Waals surface area contributed by atoms with E-state index in [2.05, 4.69) is 24.9 Å². The fraction of sp³-hybridized carbons (Fsp3) is 0.364. The molecule has 5 heterocycles. The van der Waals surface area contributed by atoms with E-state index >= 15 is 0 Å². The minimum absolute atomic E-state index is 0.125. The van der Waals surface area contributed by atoms with Crippen LogP contribution in [0.2, 0.25) is 0 Å². The molecule has 0 radical (unpaired) electrons. The van der Waals surface area contributed by atoms with Crippen LogP contribution in [0.15, 0.2) is 36.8 Å². The van der Waals surface area contributed by atoms with Gasteiger partial charge >= 0.3 is 5.97 Å². The number of carboxylic acid groups (broad SMARTS) is 1. The van der Waals surface area contributed by atoms with Crippen molar-refractivity contribution in [1.29, 1.82) is 0 Å². The molecule has 0 aliphatic carbocycles. The van der Waals surface area contributed by atoms with Crippen LogP contribution in [0.25, 0.3) is 11.6 Å². The van der Waals surface area contributed by atoms with Crippen LogP contribution in [0.4, 0.5) is 15.9 Å². The normalized spacial score (nSPS) is 20.3. The monoisotopic (exact) mass is 435 g/mol. The number of nitrogens with zero attached hydrogens (tertiary/aromatic N) is 7. The molecule has 164 valence electrons. The van der Waals surface area contributed by atoms with Crippen molar-refractivity contribution in [2.24, 2.45) is 0 Å². The predicted molar refractivity (Wildman–Crippen MR) is 115 cm³/mol. The fourth-order valence-corrected chi connectivity index (χ4v) is 4.51. The van der Waals surface area contributed by atoms with E-state index in [4.69, 9.17) is 0 Å². The van der Waals surface area contributed by atoms with Crippen LogP contribution in [-0.2, 0) is 11.2 Å². The van der Waals surface area contributed by atoms with Gasteiger partial charge < -0.3 is 14.9 Å². The lowest BCUT2D eigenvalue weighted by Crippen LogP contribution is -2.37. The Labute approximate surface area is 184 Å². The minimum Gasteiger partial charge on any atom is -0.480 e. The van der Waals surface area contributed by atoms with Gasteiger partial charge in [-0.1, -0.05) is 0 Å². The molecule has 2 atom stereocenters. The van der Waals surface area contributed by atoms with E-state index in [1.165, 1.54) is 6.07 Å². The van der Waals surface area contributed by atoms with E-state index in [1.54, 1.807) is 35.6 Å². The van der Waals surface area contributed by atoms with Crippen molar-refractivity contribution in [2.45, 2.75) is 38.3 Å². The van der Waals surface area contributed by atoms with E-state index in [0.29, 0.717) is 49.1 Å². The molecule has 0 saturated carbocycles. The first kappa shape index (κ1) is 20.2. The first-order chi connectivity index (χ1) is 15.5. The SMILES string of the molecule is CC1c2cnc(-c3ncccn3)nc2CCN1c1cc(N2CCCC2C(=O)O)cc(F)n1. The molecule has 3 aromatic heterocycles. The Kier molecular flexibility index (Phi) is 5.12. The van der Waals surface area contributed by atoms with Crippen molar-refractivity contribution >= 4 is 17.5 Å². The number of carboxylic acids is 1. The van der Waals surface area contributed by atoms with Crippen LogP contribution in [0.1, 0.15) is 37.1 Å². The molecule has 1 N–H and O–H groups in total. The van der Waals surface area contributed by atoms with Crippen molar-refractivity contribution in [2.75, 3.05) is 22.9 Å². The van der Waals surface area contributed by atoms with Crippen molar-refractivity contribution in [3.8, 4) is 11.6 Å². The maximum atomic E-state index is 14.5. The number of hydrogen-bond donors (Lipinski definition) is 1. The smallest absolute Gasteiger partial charge is 0.326 e. The van der Waals surface area contributed by atoms with E-state index < -0.39 is 18.0 Å². The third-order valence-electron chi connectivity index (χ3n) is 6.10. The van der Waals surface area contributed by atoms with Crippen LogP contribution >= 0.6 is 0 Å².